The van der Waals surface area contributed by atoms with Crippen LogP contribution in [0.2, 0.25) is 5.02 Å². The Morgan fingerprint density at radius 3 is 2.15 bits per heavy atom. The maximum absolute atomic E-state index is 12.2. The maximum Gasteiger partial charge on any atom is 0.267 e. The van der Waals surface area contributed by atoms with Gasteiger partial charge in [0.2, 0.25) is 5.91 Å². The topological polar surface area (TPSA) is 94.0 Å². The first-order chi connectivity index (χ1) is 12.5. The standard InChI is InChI=1S/C19H17ClN4O2/c1-13(25)23-17-6-8-18(9-7-17)24-19(26)15(10-21)12-22-11-14-2-4-16(20)5-3-14/h2-9,12,22H,11H2,1H3,(H,23,25)(H,24,26)/b15-12-. The summed E-state index contributed by atoms with van der Waals surface area (Å²) in [5.41, 5.74) is 2.06. The lowest BCUT2D eigenvalue weighted by atomic mass is 10.2. The van der Waals surface area contributed by atoms with Crippen LogP contribution in [0.4, 0.5) is 11.4 Å². The molecule has 0 heterocycles. The van der Waals surface area contributed by atoms with Gasteiger partial charge >= 0.3 is 0 Å². The first-order valence-corrected chi connectivity index (χ1v) is 8.13. The van der Waals surface area contributed by atoms with Gasteiger partial charge in [0, 0.05) is 36.1 Å². The van der Waals surface area contributed by atoms with Crippen LogP contribution in [0.15, 0.2) is 60.3 Å². The number of anilines is 2. The van der Waals surface area contributed by atoms with Crippen LogP contribution in [0.3, 0.4) is 0 Å². The van der Waals surface area contributed by atoms with E-state index in [1.54, 1.807) is 36.4 Å². The Morgan fingerprint density at radius 2 is 1.62 bits per heavy atom. The van der Waals surface area contributed by atoms with Crippen LogP contribution in [-0.2, 0) is 16.1 Å². The van der Waals surface area contributed by atoms with Crippen molar-refractivity contribution in [2.24, 2.45) is 0 Å². The van der Waals surface area contributed by atoms with Crippen molar-refractivity contribution in [1.82, 2.24) is 5.32 Å². The lowest BCUT2D eigenvalue weighted by molar-refractivity contribution is -0.114. The summed E-state index contributed by atoms with van der Waals surface area (Å²) in [6.45, 7) is 1.87. The van der Waals surface area contributed by atoms with Crippen molar-refractivity contribution >= 4 is 34.8 Å². The second-order valence-corrected chi connectivity index (χ2v) is 5.83. The Balaban J connectivity index is 1.94. The van der Waals surface area contributed by atoms with Crippen molar-refractivity contribution in [3.8, 4) is 6.07 Å². The Morgan fingerprint density at radius 1 is 1.04 bits per heavy atom. The van der Waals surface area contributed by atoms with Gasteiger partial charge in [-0.3, -0.25) is 9.59 Å². The smallest absolute Gasteiger partial charge is 0.267 e. The molecule has 3 N–H and O–H groups in total. The number of hydrogen-bond acceptors (Lipinski definition) is 4. The third kappa shape index (κ3) is 5.96. The normalized spacial score (nSPS) is 10.6. The summed E-state index contributed by atoms with van der Waals surface area (Å²) in [6, 6.07) is 15.7. The largest absolute Gasteiger partial charge is 0.386 e. The summed E-state index contributed by atoms with van der Waals surface area (Å²) in [4.78, 5) is 23.1. The van der Waals surface area contributed by atoms with Crippen LogP contribution in [0, 0.1) is 11.3 Å². The number of amides is 2. The molecule has 0 bridgehead atoms. The molecule has 0 aliphatic rings. The number of nitrogens with one attached hydrogen (secondary N) is 3. The van der Waals surface area contributed by atoms with Gasteiger partial charge in [-0.25, -0.2) is 0 Å². The summed E-state index contributed by atoms with van der Waals surface area (Å²) >= 11 is 5.82. The SMILES string of the molecule is CC(=O)Nc1ccc(NC(=O)/C(C#N)=C\NCc2ccc(Cl)cc2)cc1. The molecule has 26 heavy (non-hydrogen) atoms. The molecule has 0 saturated heterocycles. The molecule has 0 radical (unpaired) electrons. The summed E-state index contributed by atoms with van der Waals surface area (Å²) in [6.07, 6.45) is 1.37. The van der Waals surface area contributed by atoms with Crippen molar-refractivity contribution in [3.05, 3.63) is 70.9 Å². The number of carbonyl (C=O) groups excluding carboxylic acids is 2. The van der Waals surface area contributed by atoms with Gasteiger partial charge in [-0.05, 0) is 42.0 Å². The van der Waals surface area contributed by atoms with E-state index in [9.17, 15) is 9.59 Å². The van der Waals surface area contributed by atoms with Crippen LogP contribution in [-0.4, -0.2) is 11.8 Å². The van der Waals surface area contributed by atoms with E-state index in [1.165, 1.54) is 13.1 Å². The van der Waals surface area contributed by atoms with Gasteiger partial charge in [0.15, 0.2) is 0 Å². The number of carbonyl (C=O) groups is 2. The maximum atomic E-state index is 12.2. The lowest BCUT2D eigenvalue weighted by Gasteiger charge is -2.07. The highest BCUT2D eigenvalue weighted by Crippen LogP contribution is 2.14. The molecule has 0 saturated carbocycles. The van der Waals surface area contributed by atoms with Crippen LogP contribution >= 0.6 is 11.6 Å². The minimum Gasteiger partial charge on any atom is -0.386 e. The second-order valence-electron chi connectivity index (χ2n) is 5.39. The van der Waals surface area contributed by atoms with Crippen molar-refractivity contribution < 1.29 is 9.59 Å². The molecule has 132 valence electrons. The van der Waals surface area contributed by atoms with Gasteiger partial charge in [0.05, 0.1) is 0 Å². The molecule has 0 aliphatic carbocycles. The van der Waals surface area contributed by atoms with Gasteiger partial charge in [0.1, 0.15) is 11.6 Å². The molecule has 6 nitrogen and oxygen atoms in total. The summed E-state index contributed by atoms with van der Waals surface area (Å²) < 4.78 is 0. The zero-order valence-corrected chi connectivity index (χ0v) is 14.8. The average molecular weight is 369 g/mol. The lowest BCUT2D eigenvalue weighted by Crippen LogP contribution is -2.16. The number of hydrogen-bond donors (Lipinski definition) is 3. The molecule has 0 atom stereocenters. The van der Waals surface area contributed by atoms with Gasteiger partial charge in [-0.15, -0.1) is 0 Å². The summed E-state index contributed by atoms with van der Waals surface area (Å²) in [5.74, 6) is -0.702. The van der Waals surface area contributed by atoms with Crippen molar-refractivity contribution in [2.45, 2.75) is 13.5 Å². The van der Waals surface area contributed by atoms with Crippen molar-refractivity contribution in [1.29, 1.82) is 5.26 Å². The predicted octanol–water partition coefficient (Wildman–Crippen LogP) is 3.43. The van der Waals surface area contributed by atoms with E-state index in [0.29, 0.717) is 22.9 Å². The number of nitrogens with zero attached hydrogens (tertiary/aromatic N) is 1. The minimum absolute atomic E-state index is 0.0510. The molecular formula is C19H17ClN4O2. The summed E-state index contributed by atoms with van der Waals surface area (Å²) in [5, 5.41) is 18.0. The van der Waals surface area contributed by atoms with E-state index in [2.05, 4.69) is 16.0 Å². The molecule has 2 rings (SSSR count). The van der Waals surface area contributed by atoms with Gasteiger partial charge in [0.25, 0.3) is 5.91 Å². The Bertz CT molecular complexity index is 853. The monoisotopic (exact) mass is 368 g/mol. The molecule has 0 aliphatic heterocycles. The zero-order valence-electron chi connectivity index (χ0n) is 14.0. The Kier molecular flexibility index (Phi) is 6.77. The van der Waals surface area contributed by atoms with E-state index in [1.807, 2.05) is 18.2 Å². The van der Waals surface area contributed by atoms with E-state index in [0.717, 1.165) is 5.56 Å². The fraction of sp³-hybridized carbons (Fsp3) is 0.105. The van der Waals surface area contributed by atoms with Crippen molar-refractivity contribution in [3.63, 3.8) is 0 Å². The second kappa shape index (κ2) is 9.25. The van der Waals surface area contributed by atoms with Gasteiger partial charge < -0.3 is 16.0 Å². The van der Waals surface area contributed by atoms with Crippen LogP contribution < -0.4 is 16.0 Å². The Labute approximate surface area is 156 Å². The molecule has 0 unspecified atom stereocenters. The number of halogens is 1. The highest BCUT2D eigenvalue weighted by Gasteiger charge is 2.09. The van der Waals surface area contributed by atoms with E-state index >= 15 is 0 Å². The van der Waals surface area contributed by atoms with Crippen molar-refractivity contribution in [2.75, 3.05) is 10.6 Å². The molecule has 2 aromatic carbocycles. The highest BCUT2D eigenvalue weighted by molar-refractivity contribution is 6.30. The molecule has 0 fully saturated rings. The third-order valence-electron chi connectivity index (χ3n) is 3.29. The van der Waals surface area contributed by atoms with Crippen LogP contribution in [0.5, 0.6) is 0 Å². The number of benzene rings is 2. The van der Waals surface area contributed by atoms with Crippen LogP contribution in [0.25, 0.3) is 0 Å². The first-order valence-electron chi connectivity index (χ1n) is 7.75. The average Bonchev–Trinajstić information content (AvgIpc) is 2.61. The molecular weight excluding hydrogens is 352 g/mol. The molecule has 7 heteroatoms. The number of nitriles is 1. The molecule has 0 spiro atoms. The molecule has 2 amide bonds. The zero-order chi connectivity index (χ0) is 18.9. The number of rotatable bonds is 6. The van der Waals surface area contributed by atoms with E-state index < -0.39 is 5.91 Å². The third-order valence-corrected chi connectivity index (χ3v) is 3.55. The predicted molar refractivity (Wildman–Crippen MR) is 101 cm³/mol. The first kappa shape index (κ1) is 19.0. The van der Waals surface area contributed by atoms with Gasteiger partial charge in [-0.1, -0.05) is 23.7 Å². The molecule has 2 aromatic rings. The fourth-order valence-corrected chi connectivity index (χ4v) is 2.19. The summed E-state index contributed by atoms with van der Waals surface area (Å²) in [7, 11) is 0. The minimum atomic E-state index is -0.525. The molecule has 0 aromatic heterocycles. The quantitative estimate of drug-likeness (QED) is 0.537. The van der Waals surface area contributed by atoms with Crippen LogP contribution in [0.1, 0.15) is 12.5 Å². The Hall–Kier alpha value is -3.30. The fourth-order valence-electron chi connectivity index (χ4n) is 2.06. The van der Waals surface area contributed by atoms with Gasteiger partial charge in [-0.2, -0.15) is 5.26 Å². The highest BCUT2D eigenvalue weighted by atomic mass is 35.5. The van der Waals surface area contributed by atoms with E-state index in [-0.39, 0.29) is 11.5 Å². The van der Waals surface area contributed by atoms with E-state index in [4.69, 9.17) is 16.9 Å².